The molecule has 12 heavy (non-hydrogen) atoms. The van der Waals surface area contributed by atoms with Crippen LogP contribution in [0.3, 0.4) is 0 Å². The topological polar surface area (TPSA) is 90.4 Å². The highest BCUT2D eigenvalue weighted by Gasteiger charge is 2.14. The molecule has 1 rings (SSSR count). The maximum absolute atomic E-state index is 10.8. The van der Waals surface area contributed by atoms with E-state index in [0.29, 0.717) is 0 Å². The van der Waals surface area contributed by atoms with E-state index in [4.69, 9.17) is 10.2 Å². The van der Waals surface area contributed by atoms with Gasteiger partial charge in [0.15, 0.2) is 5.75 Å². The molecule has 0 unspecified atom stereocenters. The van der Waals surface area contributed by atoms with E-state index >= 15 is 0 Å². The van der Waals surface area contributed by atoms with Gasteiger partial charge >= 0.3 is 5.97 Å². The van der Waals surface area contributed by atoms with Crippen molar-refractivity contribution in [3.63, 3.8) is 0 Å². The van der Waals surface area contributed by atoms with Crippen LogP contribution in [0.4, 0.5) is 0 Å². The molecular formula is C6H4BrNO4. The number of carboxylic acids is 1. The number of carboxylic acid groups (broad SMARTS) is 1. The van der Waals surface area contributed by atoms with Gasteiger partial charge in [-0.3, -0.25) is 4.79 Å². The lowest BCUT2D eigenvalue weighted by Crippen LogP contribution is -2.09. The summed E-state index contributed by atoms with van der Waals surface area (Å²) < 4.78 is -0.178. The quantitative estimate of drug-likeness (QED) is 0.661. The van der Waals surface area contributed by atoms with Gasteiger partial charge in [0, 0.05) is 6.20 Å². The summed E-state index contributed by atoms with van der Waals surface area (Å²) in [4.78, 5) is 23.3. The van der Waals surface area contributed by atoms with Crippen LogP contribution in [-0.4, -0.2) is 21.2 Å². The molecule has 3 N–H and O–H groups in total. The Balaban J connectivity index is 3.47. The fraction of sp³-hybridized carbons (Fsp3) is 0. The molecule has 0 fully saturated rings. The number of aromatic amines is 1. The number of hydrogen-bond acceptors (Lipinski definition) is 3. The van der Waals surface area contributed by atoms with Gasteiger partial charge in [0.1, 0.15) is 10.0 Å². The number of aromatic carboxylic acids is 1. The monoisotopic (exact) mass is 233 g/mol. The number of hydrogen-bond donors (Lipinski definition) is 3. The molecule has 5 nitrogen and oxygen atoms in total. The Morgan fingerprint density at radius 1 is 1.58 bits per heavy atom. The summed E-state index contributed by atoms with van der Waals surface area (Å²) >= 11 is 2.74. The molecule has 0 aliphatic carbocycles. The van der Waals surface area contributed by atoms with E-state index in [1.54, 1.807) is 0 Å². The van der Waals surface area contributed by atoms with Gasteiger partial charge in [0.05, 0.1) is 0 Å². The van der Waals surface area contributed by atoms with E-state index in [9.17, 15) is 9.59 Å². The molecule has 0 aliphatic heterocycles. The predicted octanol–water partition coefficient (Wildman–Crippen LogP) is 0.541. The molecule has 0 amide bonds. The number of aromatic hydroxyl groups is 1. The van der Waals surface area contributed by atoms with Gasteiger partial charge in [0.2, 0.25) is 0 Å². The highest BCUT2D eigenvalue weighted by Crippen LogP contribution is 2.22. The van der Waals surface area contributed by atoms with E-state index in [2.05, 4.69) is 20.9 Å². The zero-order valence-corrected chi connectivity index (χ0v) is 7.25. The van der Waals surface area contributed by atoms with E-state index in [-0.39, 0.29) is 10.0 Å². The molecule has 0 spiro atoms. The number of halogens is 1. The molecule has 1 heterocycles. The third-order valence-electron chi connectivity index (χ3n) is 1.24. The molecule has 0 radical (unpaired) electrons. The van der Waals surface area contributed by atoms with Gasteiger partial charge in [0.25, 0.3) is 5.56 Å². The molecule has 0 atom stereocenters. The Morgan fingerprint density at radius 2 is 2.17 bits per heavy atom. The first-order valence-electron chi connectivity index (χ1n) is 2.87. The van der Waals surface area contributed by atoms with Crippen LogP contribution in [0.2, 0.25) is 0 Å². The summed E-state index contributed by atoms with van der Waals surface area (Å²) in [5.74, 6) is -1.87. The van der Waals surface area contributed by atoms with E-state index in [0.717, 1.165) is 6.20 Å². The van der Waals surface area contributed by atoms with Gasteiger partial charge in [-0.15, -0.1) is 0 Å². The summed E-state index contributed by atoms with van der Waals surface area (Å²) in [5, 5.41) is 17.6. The lowest BCUT2D eigenvalue weighted by Gasteiger charge is -1.98. The summed E-state index contributed by atoms with van der Waals surface area (Å²) in [7, 11) is 0. The smallest absolute Gasteiger partial charge is 0.341 e. The van der Waals surface area contributed by atoms with Gasteiger partial charge in [-0.1, -0.05) is 0 Å². The van der Waals surface area contributed by atoms with Crippen LogP contribution in [0.5, 0.6) is 5.75 Å². The van der Waals surface area contributed by atoms with E-state index in [1.165, 1.54) is 0 Å². The standard InChI is InChI=1S/C6H4BrNO4/c7-3-4(9)2(6(11)12)1-8-5(3)10/h1H,(H,11,12)(H2,8,9,10). The molecule has 0 bridgehead atoms. The van der Waals surface area contributed by atoms with E-state index < -0.39 is 17.3 Å². The van der Waals surface area contributed by atoms with Crippen molar-refractivity contribution in [3.8, 4) is 5.75 Å². The third kappa shape index (κ3) is 1.33. The maximum atomic E-state index is 10.8. The highest BCUT2D eigenvalue weighted by molar-refractivity contribution is 9.10. The van der Waals surface area contributed by atoms with Crippen LogP contribution in [0.15, 0.2) is 15.5 Å². The molecule has 0 saturated carbocycles. The summed E-state index contributed by atoms with van der Waals surface area (Å²) in [6, 6.07) is 0. The number of nitrogens with one attached hydrogen (secondary N) is 1. The van der Waals surface area contributed by atoms with Gasteiger partial charge in [-0.25, -0.2) is 4.79 Å². The van der Waals surface area contributed by atoms with Crippen LogP contribution >= 0.6 is 15.9 Å². The summed E-state index contributed by atoms with van der Waals surface area (Å²) in [5.41, 5.74) is -0.918. The van der Waals surface area contributed by atoms with Crippen LogP contribution in [0.1, 0.15) is 10.4 Å². The largest absolute Gasteiger partial charge is 0.506 e. The molecule has 0 saturated heterocycles. The van der Waals surface area contributed by atoms with Crippen LogP contribution < -0.4 is 5.56 Å². The third-order valence-corrected chi connectivity index (χ3v) is 1.98. The summed E-state index contributed by atoms with van der Waals surface area (Å²) in [6.45, 7) is 0. The average Bonchev–Trinajstić information content (AvgIpc) is 2.00. The van der Waals surface area contributed by atoms with Crippen LogP contribution in [0, 0.1) is 0 Å². The van der Waals surface area contributed by atoms with Crippen molar-refractivity contribution in [1.29, 1.82) is 0 Å². The second-order valence-electron chi connectivity index (χ2n) is 2.00. The molecule has 1 aromatic rings. The first-order valence-corrected chi connectivity index (χ1v) is 3.66. The van der Waals surface area contributed by atoms with E-state index in [1.807, 2.05) is 0 Å². The lowest BCUT2D eigenvalue weighted by atomic mass is 10.2. The SMILES string of the molecule is O=C(O)c1c[nH]c(=O)c(Br)c1O. The van der Waals surface area contributed by atoms with Crippen LogP contribution in [-0.2, 0) is 0 Å². The fourth-order valence-electron chi connectivity index (χ4n) is 0.658. The van der Waals surface area contributed by atoms with Gasteiger partial charge in [-0.05, 0) is 15.9 Å². The first-order chi connectivity index (χ1) is 5.54. The van der Waals surface area contributed by atoms with Crippen molar-refractivity contribution in [3.05, 3.63) is 26.6 Å². The zero-order valence-electron chi connectivity index (χ0n) is 5.67. The second kappa shape index (κ2) is 2.98. The highest BCUT2D eigenvalue weighted by atomic mass is 79.9. The van der Waals surface area contributed by atoms with Crippen molar-refractivity contribution >= 4 is 21.9 Å². The first kappa shape index (κ1) is 8.79. The van der Waals surface area contributed by atoms with Crippen molar-refractivity contribution in [2.75, 3.05) is 0 Å². The number of H-pyrrole nitrogens is 1. The Kier molecular flexibility index (Phi) is 2.18. The summed E-state index contributed by atoms with van der Waals surface area (Å²) in [6.07, 6.45) is 0.935. The Hall–Kier alpha value is -1.30. The molecule has 6 heteroatoms. The Bertz CT molecular complexity index is 384. The van der Waals surface area contributed by atoms with Crippen molar-refractivity contribution in [2.45, 2.75) is 0 Å². The second-order valence-corrected chi connectivity index (χ2v) is 2.79. The Morgan fingerprint density at radius 3 is 2.67 bits per heavy atom. The minimum atomic E-state index is -1.30. The van der Waals surface area contributed by atoms with Crippen molar-refractivity contribution < 1.29 is 15.0 Å². The van der Waals surface area contributed by atoms with Crippen molar-refractivity contribution in [1.82, 2.24) is 4.98 Å². The fourth-order valence-corrected chi connectivity index (χ4v) is 0.986. The zero-order chi connectivity index (χ0) is 9.30. The molecule has 0 aliphatic rings. The molecule has 0 aromatic carbocycles. The van der Waals surface area contributed by atoms with Gasteiger partial charge < -0.3 is 15.2 Å². The average molecular weight is 234 g/mol. The minimum absolute atomic E-state index is 0.178. The normalized spacial score (nSPS) is 9.75. The number of rotatable bonds is 1. The van der Waals surface area contributed by atoms with Gasteiger partial charge in [-0.2, -0.15) is 0 Å². The maximum Gasteiger partial charge on any atom is 0.341 e. The molecule has 1 aromatic heterocycles. The minimum Gasteiger partial charge on any atom is -0.506 e. The number of aromatic nitrogens is 1. The number of carbonyl (C=O) groups is 1. The van der Waals surface area contributed by atoms with Crippen molar-refractivity contribution in [2.24, 2.45) is 0 Å². The Labute approximate surface area is 74.8 Å². The lowest BCUT2D eigenvalue weighted by molar-refractivity contribution is 0.0693. The number of pyridine rings is 1. The predicted molar refractivity (Wildman–Crippen MR) is 43.4 cm³/mol. The molecule has 64 valence electrons. The molecular weight excluding hydrogens is 230 g/mol. The van der Waals surface area contributed by atoms with Crippen LogP contribution in [0.25, 0.3) is 0 Å².